The van der Waals surface area contributed by atoms with Gasteiger partial charge in [0, 0.05) is 17.4 Å². The van der Waals surface area contributed by atoms with Crippen LogP contribution < -0.4 is 0 Å². The first-order valence-electron chi connectivity index (χ1n) is 7.65. The molecule has 0 amide bonds. The first-order chi connectivity index (χ1) is 9.23. The maximum atomic E-state index is 4.16. The molecule has 0 aromatic rings. The third kappa shape index (κ3) is 3.98. The van der Waals surface area contributed by atoms with Gasteiger partial charge in [-0.15, -0.1) is 18.3 Å². The lowest BCUT2D eigenvalue weighted by molar-refractivity contribution is 0.348. The van der Waals surface area contributed by atoms with E-state index in [0.717, 1.165) is 11.8 Å². The van der Waals surface area contributed by atoms with Crippen molar-refractivity contribution in [3.63, 3.8) is 0 Å². The molecule has 0 aromatic heterocycles. The Balaban J connectivity index is 1.78. The van der Waals surface area contributed by atoms with Crippen LogP contribution in [-0.2, 0) is 0 Å². The standard InChI is InChI=1S/C17H27NS/c1-4-9-17(5-2)10-8-14(11-17)12-19-13-16(18-3)15-6-7-15/h5,13-15H,2-4,6-12H2,1H3/b16-13-. The van der Waals surface area contributed by atoms with Gasteiger partial charge in [0.25, 0.3) is 0 Å². The van der Waals surface area contributed by atoms with Crippen LogP contribution in [-0.4, -0.2) is 12.5 Å². The van der Waals surface area contributed by atoms with Gasteiger partial charge in [0.2, 0.25) is 0 Å². The smallest absolute Gasteiger partial charge is 0.0490 e. The van der Waals surface area contributed by atoms with E-state index < -0.39 is 0 Å². The van der Waals surface area contributed by atoms with Gasteiger partial charge in [0.1, 0.15) is 0 Å². The van der Waals surface area contributed by atoms with Gasteiger partial charge in [0.15, 0.2) is 0 Å². The number of thioether (sulfide) groups is 1. The number of nitrogens with zero attached hydrogens (tertiary/aromatic N) is 1. The van der Waals surface area contributed by atoms with Crippen LogP contribution >= 0.6 is 11.8 Å². The number of rotatable bonds is 8. The molecule has 0 aromatic carbocycles. The largest absolute Gasteiger partial charge is 0.268 e. The second-order valence-corrected chi connectivity index (χ2v) is 7.14. The van der Waals surface area contributed by atoms with Gasteiger partial charge in [-0.3, -0.25) is 4.99 Å². The van der Waals surface area contributed by atoms with Gasteiger partial charge < -0.3 is 0 Å². The molecule has 2 atom stereocenters. The van der Waals surface area contributed by atoms with Crippen molar-refractivity contribution in [1.82, 2.24) is 0 Å². The van der Waals surface area contributed by atoms with E-state index in [2.05, 4.69) is 36.7 Å². The van der Waals surface area contributed by atoms with Crippen molar-refractivity contribution < 1.29 is 0 Å². The molecule has 0 saturated heterocycles. The maximum absolute atomic E-state index is 4.16. The Bertz CT molecular complexity index is 356. The van der Waals surface area contributed by atoms with Crippen molar-refractivity contribution in [3.05, 3.63) is 23.8 Å². The van der Waals surface area contributed by atoms with E-state index in [-0.39, 0.29) is 0 Å². The molecule has 2 rings (SSSR count). The lowest BCUT2D eigenvalue weighted by Crippen LogP contribution is -2.13. The Morgan fingerprint density at radius 2 is 2.21 bits per heavy atom. The molecule has 2 heteroatoms. The third-order valence-corrected chi connectivity index (χ3v) is 5.71. The van der Waals surface area contributed by atoms with Crippen LogP contribution in [0.25, 0.3) is 0 Å². The van der Waals surface area contributed by atoms with Gasteiger partial charge in [-0.05, 0) is 62.0 Å². The van der Waals surface area contributed by atoms with E-state index in [1.165, 1.54) is 56.4 Å². The van der Waals surface area contributed by atoms with Crippen LogP contribution in [0, 0.1) is 17.3 Å². The van der Waals surface area contributed by atoms with Crippen molar-refractivity contribution in [2.45, 2.75) is 51.9 Å². The average molecular weight is 277 g/mol. The summed E-state index contributed by atoms with van der Waals surface area (Å²) in [5.41, 5.74) is 1.67. The monoisotopic (exact) mass is 277 g/mol. The Labute approximate surface area is 122 Å². The quantitative estimate of drug-likeness (QED) is 0.425. The molecule has 106 valence electrons. The normalized spacial score (nSPS) is 31.4. The zero-order valence-corrected chi connectivity index (χ0v) is 13.1. The third-order valence-electron chi connectivity index (χ3n) is 4.64. The molecule has 0 aliphatic heterocycles. The molecule has 0 heterocycles. The lowest BCUT2D eigenvalue weighted by atomic mass is 9.81. The highest BCUT2D eigenvalue weighted by molar-refractivity contribution is 8.02. The number of allylic oxidation sites excluding steroid dienone is 2. The second kappa shape index (κ2) is 6.78. The van der Waals surface area contributed by atoms with Crippen LogP contribution in [0.2, 0.25) is 0 Å². The molecule has 2 saturated carbocycles. The summed E-state index contributed by atoms with van der Waals surface area (Å²) in [4.78, 5) is 4.16. The molecule has 19 heavy (non-hydrogen) atoms. The summed E-state index contributed by atoms with van der Waals surface area (Å²) in [6, 6.07) is 0. The highest BCUT2D eigenvalue weighted by atomic mass is 32.2. The minimum Gasteiger partial charge on any atom is -0.268 e. The molecule has 2 aliphatic carbocycles. The van der Waals surface area contributed by atoms with Crippen molar-refractivity contribution in [3.8, 4) is 0 Å². The van der Waals surface area contributed by atoms with Crippen molar-refractivity contribution in [2.24, 2.45) is 22.2 Å². The molecule has 2 aliphatic rings. The fourth-order valence-corrected chi connectivity index (χ4v) is 4.43. The SMILES string of the molecule is C=CC1(CCC)CCC(CS/C=C(\N=C)C2CC2)C1. The van der Waals surface area contributed by atoms with Crippen LogP contribution in [0.4, 0.5) is 0 Å². The van der Waals surface area contributed by atoms with E-state index in [4.69, 9.17) is 0 Å². The fraction of sp³-hybridized carbons (Fsp3) is 0.706. The number of hydrogen-bond donors (Lipinski definition) is 0. The van der Waals surface area contributed by atoms with Gasteiger partial charge >= 0.3 is 0 Å². The Kier molecular flexibility index (Phi) is 5.32. The lowest BCUT2D eigenvalue weighted by Gasteiger charge is -2.24. The van der Waals surface area contributed by atoms with Crippen molar-refractivity contribution >= 4 is 18.5 Å². The second-order valence-electron chi connectivity index (χ2n) is 6.23. The first-order valence-corrected chi connectivity index (χ1v) is 8.70. The van der Waals surface area contributed by atoms with Crippen LogP contribution in [0.15, 0.2) is 28.8 Å². The topological polar surface area (TPSA) is 12.4 Å². The minimum atomic E-state index is 0.444. The van der Waals surface area contributed by atoms with Gasteiger partial charge in [-0.1, -0.05) is 19.4 Å². The van der Waals surface area contributed by atoms with E-state index in [1.54, 1.807) is 0 Å². The van der Waals surface area contributed by atoms with Crippen molar-refractivity contribution in [1.29, 1.82) is 0 Å². The Hall–Kier alpha value is -0.500. The van der Waals surface area contributed by atoms with Gasteiger partial charge in [0.05, 0.1) is 0 Å². The van der Waals surface area contributed by atoms with Crippen LogP contribution in [0.3, 0.4) is 0 Å². The highest BCUT2D eigenvalue weighted by Crippen LogP contribution is 2.47. The summed E-state index contributed by atoms with van der Waals surface area (Å²) in [5.74, 6) is 2.82. The molecule has 0 N–H and O–H groups in total. The van der Waals surface area contributed by atoms with E-state index in [9.17, 15) is 0 Å². The van der Waals surface area contributed by atoms with Crippen molar-refractivity contribution in [2.75, 3.05) is 5.75 Å². The zero-order valence-electron chi connectivity index (χ0n) is 12.2. The molecule has 0 spiro atoms. The summed E-state index contributed by atoms with van der Waals surface area (Å²) in [7, 11) is 0. The maximum Gasteiger partial charge on any atom is 0.0490 e. The molecule has 0 bridgehead atoms. The molecule has 2 unspecified atom stereocenters. The van der Waals surface area contributed by atoms with E-state index in [1.807, 2.05) is 11.8 Å². The molecule has 1 nitrogen and oxygen atoms in total. The molecule has 2 fully saturated rings. The zero-order chi connectivity index (χ0) is 13.7. The summed E-state index contributed by atoms with van der Waals surface area (Å²) in [6.45, 7) is 10.1. The molecular formula is C17H27NS. The first kappa shape index (κ1) is 14.9. The predicted octanol–water partition coefficient (Wildman–Crippen LogP) is 5.44. The fourth-order valence-electron chi connectivity index (χ4n) is 3.34. The van der Waals surface area contributed by atoms with E-state index >= 15 is 0 Å². The van der Waals surface area contributed by atoms with Gasteiger partial charge in [-0.25, -0.2) is 0 Å². The summed E-state index contributed by atoms with van der Waals surface area (Å²) < 4.78 is 0. The number of aliphatic imine (C=N–C) groups is 1. The summed E-state index contributed by atoms with van der Waals surface area (Å²) in [6.07, 6.45) is 11.5. The number of hydrogen-bond acceptors (Lipinski definition) is 2. The van der Waals surface area contributed by atoms with E-state index in [0.29, 0.717) is 5.41 Å². The van der Waals surface area contributed by atoms with Crippen LogP contribution in [0.5, 0.6) is 0 Å². The molecule has 0 radical (unpaired) electrons. The summed E-state index contributed by atoms with van der Waals surface area (Å²) >= 11 is 1.95. The predicted molar refractivity (Wildman–Crippen MR) is 87.7 cm³/mol. The molecular weight excluding hydrogens is 250 g/mol. The van der Waals surface area contributed by atoms with Crippen LogP contribution in [0.1, 0.15) is 51.9 Å². The summed E-state index contributed by atoms with van der Waals surface area (Å²) in [5, 5.41) is 2.26. The van der Waals surface area contributed by atoms with Gasteiger partial charge in [-0.2, -0.15) is 0 Å². The highest BCUT2D eigenvalue weighted by Gasteiger charge is 2.35. The Morgan fingerprint density at radius 1 is 1.42 bits per heavy atom. The minimum absolute atomic E-state index is 0.444. The average Bonchev–Trinajstić information content (AvgIpc) is 3.18. The Morgan fingerprint density at radius 3 is 2.79 bits per heavy atom.